The van der Waals surface area contributed by atoms with Crippen molar-refractivity contribution in [3.63, 3.8) is 0 Å². The highest BCUT2D eigenvalue weighted by atomic mass is 16.5. The number of hydrogen-bond donors (Lipinski definition) is 1. The number of morpholine rings is 1. The Morgan fingerprint density at radius 2 is 1.75 bits per heavy atom. The van der Waals surface area contributed by atoms with Crippen LogP contribution in [0.4, 0.5) is 5.69 Å². The van der Waals surface area contributed by atoms with Gasteiger partial charge in [-0.1, -0.05) is 24.3 Å². The summed E-state index contributed by atoms with van der Waals surface area (Å²) in [6.07, 6.45) is 7.37. The van der Waals surface area contributed by atoms with Gasteiger partial charge in [-0.25, -0.2) is 4.98 Å². The lowest BCUT2D eigenvalue weighted by atomic mass is 9.73. The van der Waals surface area contributed by atoms with E-state index in [1.54, 1.807) is 0 Å². The maximum atomic E-state index is 6.44. The van der Waals surface area contributed by atoms with Crippen molar-refractivity contribution in [3.05, 3.63) is 66.6 Å². The number of ether oxygens (including phenoxy) is 1. The maximum absolute atomic E-state index is 6.44. The number of hydrogen-bond acceptors (Lipinski definition) is 4. The number of rotatable bonds is 4. The highest BCUT2D eigenvalue weighted by Gasteiger charge is 2.34. The fourth-order valence-electron chi connectivity index (χ4n) is 4.11. The second kappa shape index (κ2) is 7.08. The van der Waals surface area contributed by atoms with E-state index in [4.69, 9.17) is 10.5 Å². The minimum Gasteiger partial charge on any atom is -0.378 e. The summed E-state index contributed by atoms with van der Waals surface area (Å²) in [6.45, 7) is 3.46. The number of imidazole rings is 1. The second-order valence-electron chi connectivity index (χ2n) is 7.87. The molecule has 0 radical (unpaired) electrons. The van der Waals surface area contributed by atoms with Gasteiger partial charge in [-0.2, -0.15) is 0 Å². The van der Waals surface area contributed by atoms with E-state index in [1.807, 2.05) is 6.33 Å². The predicted molar refractivity (Wildman–Crippen MR) is 112 cm³/mol. The minimum atomic E-state index is -0.113. The first-order valence-electron chi connectivity index (χ1n) is 10.1. The molecule has 2 heterocycles. The van der Waals surface area contributed by atoms with Crippen molar-refractivity contribution in [1.29, 1.82) is 0 Å². The Labute approximate surface area is 165 Å². The largest absolute Gasteiger partial charge is 0.378 e. The average molecular weight is 374 g/mol. The van der Waals surface area contributed by atoms with E-state index in [2.05, 4.69) is 69.2 Å². The Balaban J connectivity index is 1.37. The molecule has 1 aromatic heterocycles. The summed E-state index contributed by atoms with van der Waals surface area (Å²) >= 11 is 0. The van der Waals surface area contributed by atoms with Crippen LogP contribution in [0, 0.1) is 0 Å². The molecule has 1 saturated heterocycles. The number of nitrogens with zero attached hydrogens (tertiary/aromatic N) is 3. The predicted octanol–water partition coefficient (Wildman–Crippen LogP) is 3.71. The van der Waals surface area contributed by atoms with Crippen LogP contribution in [-0.4, -0.2) is 35.9 Å². The van der Waals surface area contributed by atoms with Gasteiger partial charge < -0.3 is 19.9 Å². The minimum absolute atomic E-state index is 0.113. The highest BCUT2D eigenvalue weighted by Crippen LogP contribution is 2.38. The number of nitrogens with two attached hydrogens (primary N) is 1. The molecule has 2 aromatic carbocycles. The van der Waals surface area contributed by atoms with Crippen molar-refractivity contribution in [1.82, 2.24) is 9.55 Å². The maximum Gasteiger partial charge on any atom is 0.0999 e. The molecule has 5 nitrogen and oxygen atoms in total. The summed E-state index contributed by atoms with van der Waals surface area (Å²) < 4.78 is 7.54. The van der Waals surface area contributed by atoms with E-state index in [-0.39, 0.29) is 5.54 Å². The third kappa shape index (κ3) is 3.21. The fourth-order valence-corrected chi connectivity index (χ4v) is 4.11. The Morgan fingerprint density at radius 3 is 2.46 bits per heavy atom. The molecule has 144 valence electrons. The average Bonchev–Trinajstić information content (AvgIpc) is 3.23. The van der Waals surface area contributed by atoms with Gasteiger partial charge in [-0.15, -0.1) is 0 Å². The first-order chi connectivity index (χ1) is 13.7. The molecule has 3 aromatic rings. The van der Waals surface area contributed by atoms with Gasteiger partial charge in [-0.05, 0) is 49.1 Å². The van der Waals surface area contributed by atoms with Crippen molar-refractivity contribution < 1.29 is 4.74 Å². The van der Waals surface area contributed by atoms with Gasteiger partial charge in [0, 0.05) is 41.8 Å². The Morgan fingerprint density at radius 1 is 0.964 bits per heavy atom. The smallest absolute Gasteiger partial charge is 0.0999 e. The van der Waals surface area contributed by atoms with E-state index in [0.29, 0.717) is 0 Å². The molecule has 2 fully saturated rings. The third-order valence-corrected chi connectivity index (χ3v) is 6.09. The number of benzene rings is 2. The van der Waals surface area contributed by atoms with Crippen molar-refractivity contribution in [3.8, 4) is 16.9 Å². The number of anilines is 1. The van der Waals surface area contributed by atoms with Crippen LogP contribution in [-0.2, 0) is 10.3 Å². The molecular formula is C23H26N4O. The van der Waals surface area contributed by atoms with Crippen LogP contribution in [0.25, 0.3) is 16.9 Å². The van der Waals surface area contributed by atoms with Gasteiger partial charge in [0.05, 0.1) is 25.2 Å². The van der Waals surface area contributed by atoms with E-state index in [1.165, 1.54) is 17.7 Å². The SMILES string of the molecule is NC1(c2ccc(-n3cnc(-c4cccc(N5CCOCC5)c4)c3)cc2)CCC1. The van der Waals surface area contributed by atoms with Crippen LogP contribution in [0.1, 0.15) is 24.8 Å². The third-order valence-electron chi connectivity index (χ3n) is 6.09. The lowest BCUT2D eigenvalue weighted by molar-refractivity contribution is 0.122. The normalized spacial score (nSPS) is 18.7. The van der Waals surface area contributed by atoms with Gasteiger partial charge in [0.25, 0.3) is 0 Å². The van der Waals surface area contributed by atoms with Crippen LogP contribution in [0.15, 0.2) is 61.1 Å². The highest BCUT2D eigenvalue weighted by molar-refractivity contribution is 5.65. The van der Waals surface area contributed by atoms with Crippen LogP contribution in [0.2, 0.25) is 0 Å². The Kier molecular flexibility index (Phi) is 4.41. The molecule has 0 amide bonds. The monoisotopic (exact) mass is 374 g/mol. The lowest BCUT2D eigenvalue weighted by Crippen LogP contribution is -2.43. The van der Waals surface area contributed by atoms with E-state index in [0.717, 1.165) is 56.1 Å². The number of aromatic nitrogens is 2. The summed E-state index contributed by atoms with van der Waals surface area (Å²) in [4.78, 5) is 7.01. The molecule has 0 spiro atoms. The first kappa shape index (κ1) is 17.5. The molecule has 28 heavy (non-hydrogen) atoms. The van der Waals surface area contributed by atoms with Gasteiger partial charge in [0.2, 0.25) is 0 Å². The summed E-state index contributed by atoms with van der Waals surface area (Å²) in [7, 11) is 0. The summed E-state index contributed by atoms with van der Waals surface area (Å²) in [5.41, 5.74) is 12.0. The topological polar surface area (TPSA) is 56.3 Å². The van der Waals surface area contributed by atoms with E-state index >= 15 is 0 Å². The zero-order valence-electron chi connectivity index (χ0n) is 16.1. The lowest BCUT2D eigenvalue weighted by Gasteiger charge is -2.38. The van der Waals surface area contributed by atoms with Gasteiger partial charge in [0.15, 0.2) is 0 Å². The molecular weight excluding hydrogens is 348 g/mol. The van der Waals surface area contributed by atoms with Crippen molar-refractivity contribution in [2.24, 2.45) is 5.73 Å². The molecule has 0 bridgehead atoms. The molecule has 0 atom stereocenters. The standard InChI is InChI=1S/C23H26N4O/c24-23(9-2-10-23)19-5-7-20(8-6-19)27-16-22(25-17-27)18-3-1-4-21(15-18)26-11-13-28-14-12-26/h1,3-8,15-17H,2,9-14,24H2. The quantitative estimate of drug-likeness (QED) is 0.756. The molecule has 2 N–H and O–H groups in total. The summed E-state index contributed by atoms with van der Waals surface area (Å²) in [5.74, 6) is 0. The molecule has 5 heteroatoms. The van der Waals surface area contributed by atoms with Crippen molar-refractivity contribution >= 4 is 5.69 Å². The second-order valence-corrected chi connectivity index (χ2v) is 7.87. The van der Waals surface area contributed by atoms with E-state index in [9.17, 15) is 0 Å². The van der Waals surface area contributed by atoms with Crippen molar-refractivity contribution in [2.75, 3.05) is 31.2 Å². The van der Waals surface area contributed by atoms with E-state index < -0.39 is 0 Å². The molecule has 0 unspecified atom stereocenters. The van der Waals surface area contributed by atoms with Crippen molar-refractivity contribution in [2.45, 2.75) is 24.8 Å². The van der Waals surface area contributed by atoms with Gasteiger partial charge in [0.1, 0.15) is 0 Å². The molecule has 2 aliphatic rings. The Bertz CT molecular complexity index is 953. The van der Waals surface area contributed by atoms with Crippen LogP contribution < -0.4 is 10.6 Å². The first-order valence-corrected chi connectivity index (χ1v) is 10.1. The molecule has 1 aliphatic carbocycles. The molecule has 1 aliphatic heterocycles. The zero-order valence-corrected chi connectivity index (χ0v) is 16.1. The molecule has 5 rings (SSSR count). The Hall–Kier alpha value is -2.63. The van der Waals surface area contributed by atoms with Gasteiger partial charge in [-0.3, -0.25) is 0 Å². The van der Waals surface area contributed by atoms with Gasteiger partial charge >= 0.3 is 0 Å². The summed E-state index contributed by atoms with van der Waals surface area (Å²) in [5, 5.41) is 0. The molecule has 1 saturated carbocycles. The summed E-state index contributed by atoms with van der Waals surface area (Å²) in [6, 6.07) is 17.2. The van der Waals surface area contributed by atoms with Crippen LogP contribution in [0.5, 0.6) is 0 Å². The fraction of sp³-hybridized carbons (Fsp3) is 0.348. The van der Waals surface area contributed by atoms with Crippen LogP contribution in [0.3, 0.4) is 0 Å². The van der Waals surface area contributed by atoms with Crippen LogP contribution >= 0.6 is 0 Å². The zero-order chi connectivity index (χ0) is 19.0.